The molecule has 0 aromatic carbocycles. The van der Waals surface area contributed by atoms with Crippen LogP contribution in [-0.2, 0) is 28.7 Å². The molecule has 2 saturated heterocycles. The first-order valence-electron chi connectivity index (χ1n) is 14.7. The van der Waals surface area contributed by atoms with Gasteiger partial charge in [0.1, 0.15) is 23.8 Å². The van der Waals surface area contributed by atoms with Crippen LogP contribution in [0.4, 0.5) is 9.59 Å². The van der Waals surface area contributed by atoms with Crippen molar-refractivity contribution in [3.05, 3.63) is 12.7 Å². The fourth-order valence-electron chi connectivity index (χ4n) is 5.52. The van der Waals surface area contributed by atoms with E-state index in [9.17, 15) is 28.8 Å². The third kappa shape index (κ3) is 8.68. The van der Waals surface area contributed by atoms with E-state index in [0.29, 0.717) is 25.7 Å². The maximum absolute atomic E-state index is 14.1. The summed E-state index contributed by atoms with van der Waals surface area (Å²) in [5, 5.41) is 10.5. The zero-order valence-electron chi connectivity index (χ0n) is 25.2. The second-order valence-corrected chi connectivity index (χ2v) is 12.5. The summed E-state index contributed by atoms with van der Waals surface area (Å²) in [6.45, 7) is 13.1. The minimum Gasteiger partial charge on any atom is -0.446 e. The van der Waals surface area contributed by atoms with E-state index in [4.69, 9.17) is 9.47 Å². The van der Waals surface area contributed by atoms with Crippen molar-refractivity contribution in [1.29, 1.82) is 0 Å². The third-order valence-electron chi connectivity index (χ3n) is 7.71. The number of ether oxygens (including phenoxy) is 2. The first kappa shape index (κ1) is 32.9. The number of ketones is 1. The summed E-state index contributed by atoms with van der Waals surface area (Å²) in [4.78, 5) is 80.1. The van der Waals surface area contributed by atoms with Gasteiger partial charge in [0, 0.05) is 25.6 Å². The topological polar surface area (TPSA) is 172 Å². The highest BCUT2D eigenvalue weighted by Gasteiger charge is 2.54. The maximum Gasteiger partial charge on any atom is 0.408 e. The van der Waals surface area contributed by atoms with Crippen molar-refractivity contribution in [2.45, 2.75) is 96.6 Å². The highest BCUT2D eigenvalue weighted by atomic mass is 16.6. The van der Waals surface area contributed by atoms with Gasteiger partial charge in [-0.15, -0.1) is 6.58 Å². The van der Waals surface area contributed by atoms with E-state index in [1.54, 1.807) is 20.8 Å². The van der Waals surface area contributed by atoms with Crippen LogP contribution in [0.25, 0.3) is 0 Å². The van der Waals surface area contributed by atoms with E-state index in [1.807, 2.05) is 13.8 Å². The smallest absolute Gasteiger partial charge is 0.408 e. The molecule has 0 spiro atoms. The standard InChI is InChI=1S/C29H45N5O8/c1-7-12-30-25(37)23(35)19-10-8-9-13-31-27(39)41-20-15-18(20)21(33-28(40)42-29(4,5)6)26(38)34-14-11-17(16(2)3)22(34)24(36)32-19/h7,16-22H,1,8-15H2,2-6H3,(H,30,37)(H,31,39)(H,32,36)(H,33,40)/t17-,18?,19+,20?,21+,22+/m1/s1. The van der Waals surface area contributed by atoms with Crippen molar-refractivity contribution in [2.75, 3.05) is 19.6 Å². The molecule has 0 bridgehead atoms. The average molecular weight is 592 g/mol. The number of fused-ring (bicyclic) bond motifs is 2. The quantitative estimate of drug-likeness (QED) is 0.265. The number of hydrogen-bond acceptors (Lipinski definition) is 8. The van der Waals surface area contributed by atoms with Gasteiger partial charge < -0.3 is 35.6 Å². The summed E-state index contributed by atoms with van der Waals surface area (Å²) in [5.74, 6) is -3.40. The molecular weight excluding hydrogens is 546 g/mol. The molecule has 2 heterocycles. The first-order valence-corrected chi connectivity index (χ1v) is 14.7. The number of nitrogens with one attached hydrogen (secondary N) is 4. The van der Waals surface area contributed by atoms with Crippen molar-refractivity contribution in [3.63, 3.8) is 0 Å². The van der Waals surface area contributed by atoms with E-state index in [2.05, 4.69) is 27.8 Å². The van der Waals surface area contributed by atoms with Crippen LogP contribution >= 0.6 is 0 Å². The summed E-state index contributed by atoms with van der Waals surface area (Å²) in [6.07, 6.45) is 1.35. The highest BCUT2D eigenvalue weighted by Crippen LogP contribution is 2.40. The molecule has 42 heavy (non-hydrogen) atoms. The van der Waals surface area contributed by atoms with Crippen LogP contribution in [0.2, 0.25) is 0 Å². The normalized spacial score (nSPS) is 28.8. The van der Waals surface area contributed by atoms with E-state index in [1.165, 1.54) is 11.0 Å². The molecule has 13 nitrogen and oxygen atoms in total. The molecule has 2 unspecified atom stereocenters. The van der Waals surface area contributed by atoms with Crippen molar-refractivity contribution in [1.82, 2.24) is 26.2 Å². The molecule has 1 saturated carbocycles. The molecule has 4 N–H and O–H groups in total. The van der Waals surface area contributed by atoms with Crippen LogP contribution < -0.4 is 21.3 Å². The van der Waals surface area contributed by atoms with E-state index < -0.39 is 71.4 Å². The van der Waals surface area contributed by atoms with Crippen LogP contribution in [0.5, 0.6) is 0 Å². The van der Waals surface area contributed by atoms with Gasteiger partial charge in [-0.1, -0.05) is 19.9 Å². The lowest BCUT2D eigenvalue weighted by Crippen LogP contribution is -2.58. The Bertz CT molecular complexity index is 1070. The zero-order chi connectivity index (χ0) is 31.2. The fourth-order valence-corrected chi connectivity index (χ4v) is 5.52. The summed E-state index contributed by atoms with van der Waals surface area (Å²) >= 11 is 0. The van der Waals surface area contributed by atoms with E-state index in [-0.39, 0.29) is 37.9 Å². The highest BCUT2D eigenvalue weighted by molar-refractivity contribution is 6.38. The molecular formula is C29H45N5O8. The second-order valence-electron chi connectivity index (χ2n) is 12.5. The van der Waals surface area contributed by atoms with E-state index in [0.717, 1.165) is 0 Å². The Morgan fingerprint density at radius 1 is 1.17 bits per heavy atom. The number of nitrogens with zero attached hydrogens (tertiary/aromatic N) is 1. The minimum atomic E-state index is -1.13. The Hall–Kier alpha value is -3.64. The Morgan fingerprint density at radius 3 is 2.52 bits per heavy atom. The number of Topliss-reactive ketones (excluding diaryl/α,β-unsaturated/α-hetero) is 1. The van der Waals surface area contributed by atoms with Gasteiger partial charge in [-0.3, -0.25) is 19.2 Å². The summed E-state index contributed by atoms with van der Waals surface area (Å²) in [7, 11) is 0. The van der Waals surface area contributed by atoms with Gasteiger partial charge >= 0.3 is 12.2 Å². The number of amides is 5. The number of carbonyl (C=O) groups excluding carboxylic acids is 6. The van der Waals surface area contributed by atoms with Crippen molar-refractivity contribution < 1.29 is 38.2 Å². The van der Waals surface area contributed by atoms with Crippen molar-refractivity contribution in [2.24, 2.45) is 17.8 Å². The Balaban J connectivity index is 1.93. The summed E-state index contributed by atoms with van der Waals surface area (Å²) < 4.78 is 10.9. The Labute approximate surface area is 246 Å². The average Bonchev–Trinajstić information content (AvgIpc) is 3.49. The second kappa shape index (κ2) is 14.0. The third-order valence-corrected chi connectivity index (χ3v) is 7.71. The minimum absolute atomic E-state index is 0.0205. The first-order chi connectivity index (χ1) is 19.7. The number of alkyl carbamates (subject to hydrolysis) is 2. The molecule has 6 atom stereocenters. The zero-order valence-corrected chi connectivity index (χ0v) is 25.2. The predicted molar refractivity (Wildman–Crippen MR) is 152 cm³/mol. The number of hydrogen-bond donors (Lipinski definition) is 4. The van der Waals surface area contributed by atoms with Gasteiger partial charge in [0.05, 0.1) is 6.04 Å². The summed E-state index contributed by atoms with van der Waals surface area (Å²) in [5.41, 5.74) is -0.816. The van der Waals surface area contributed by atoms with E-state index >= 15 is 0 Å². The largest absolute Gasteiger partial charge is 0.446 e. The molecule has 13 heteroatoms. The molecule has 1 aliphatic carbocycles. The van der Waals surface area contributed by atoms with Gasteiger partial charge in [0.15, 0.2) is 0 Å². The monoisotopic (exact) mass is 591 g/mol. The molecule has 234 valence electrons. The van der Waals surface area contributed by atoms with Gasteiger partial charge in [0.25, 0.3) is 5.91 Å². The lowest BCUT2D eigenvalue weighted by molar-refractivity contribution is -0.144. The molecule has 0 aromatic heterocycles. The molecule has 0 aromatic rings. The number of carbonyl (C=O) groups is 6. The molecule has 3 aliphatic rings. The fraction of sp³-hybridized carbons (Fsp3) is 0.724. The Kier molecular flexibility index (Phi) is 11.0. The van der Waals surface area contributed by atoms with Crippen molar-refractivity contribution >= 4 is 35.7 Å². The van der Waals surface area contributed by atoms with Crippen LogP contribution in [0, 0.1) is 17.8 Å². The SMILES string of the molecule is C=CCNC(=O)C(=O)[C@@H]1CCCCNC(=O)OC2CC2[C@H](NC(=O)OC(C)(C)C)C(=O)N2CC[C@H](C(C)C)[C@H]2C(=O)N1. The van der Waals surface area contributed by atoms with Gasteiger partial charge in [-0.2, -0.15) is 0 Å². The van der Waals surface area contributed by atoms with Crippen LogP contribution in [0.15, 0.2) is 12.7 Å². The van der Waals surface area contributed by atoms with Crippen LogP contribution in [0.3, 0.4) is 0 Å². The molecule has 0 radical (unpaired) electrons. The lowest BCUT2D eigenvalue weighted by atomic mass is 9.87. The van der Waals surface area contributed by atoms with Gasteiger partial charge in [-0.05, 0) is 64.7 Å². The number of rotatable bonds is 6. The maximum atomic E-state index is 14.1. The predicted octanol–water partition coefficient (Wildman–Crippen LogP) is 1.41. The van der Waals surface area contributed by atoms with Crippen LogP contribution in [0.1, 0.15) is 66.7 Å². The van der Waals surface area contributed by atoms with Crippen molar-refractivity contribution in [3.8, 4) is 0 Å². The molecule has 2 aliphatic heterocycles. The van der Waals surface area contributed by atoms with Crippen LogP contribution in [-0.4, -0.2) is 90.1 Å². The molecule has 3 fully saturated rings. The lowest BCUT2D eigenvalue weighted by Gasteiger charge is -2.33. The van der Waals surface area contributed by atoms with Gasteiger partial charge in [0.2, 0.25) is 17.6 Å². The molecule has 3 rings (SSSR count). The Morgan fingerprint density at radius 2 is 1.88 bits per heavy atom. The molecule has 5 amide bonds. The summed E-state index contributed by atoms with van der Waals surface area (Å²) in [6, 6.07) is -3.16. The van der Waals surface area contributed by atoms with Gasteiger partial charge in [-0.25, -0.2) is 9.59 Å².